The van der Waals surface area contributed by atoms with Crippen molar-refractivity contribution >= 4 is 28.3 Å². The molecule has 0 spiro atoms. The van der Waals surface area contributed by atoms with E-state index in [4.69, 9.17) is 9.15 Å². The first kappa shape index (κ1) is 21.2. The molecule has 3 N–H and O–H groups in total. The summed E-state index contributed by atoms with van der Waals surface area (Å²) in [6, 6.07) is 2.96. The first-order valence-electron chi connectivity index (χ1n) is 9.96. The fourth-order valence-electron chi connectivity index (χ4n) is 3.07. The van der Waals surface area contributed by atoms with Gasteiger partial charge in [0, 0.05) is 17.1 Å². The second kappa shape index (κ2) is 9.33. The van der Waals surface area contributed by atoms with Crippen LogP contribution in [-0.2, 0) is 11.2 Å². The molecule has 1 aromatic carbocycles. The van der Waals surface area contributed by atoms with Gasteiger partial charge >= 0.3 is 5.97 Å². The number of aromatic nitrogens is 1. The van der Waals surface area contributed by atoms with E-state index in [0.29, 0.717) is 27.3 Å². The van der Waals surface area contributed by atoms with Crippen LogP contribution < -0.4 is 15.9 Å². The number of aryl methyl sites for hydroxylation is 2. The summed E-state index contributed by atoms with van der Waals surface area (Å²) in [6.45, 7) is 5.74. The van der Waals surface area contributed by atoms with Gasteiger partial charge < -0.3 is 14.9 Å². The number of fused-ring (bicyclic) bond motifs is 1. The molecular weight excluding hydrogens is 388 g/mol. The maximum absolute atomic E-state index is 13.1. The molecule has 3 aromatic rings. The maximum atomic E-state index is 13.1. The summed E-state index contributed by atoms with van der Waals surface area (Å²) in [7, 11) is 0. The molecule has 0 unspecified atom stereocenters. The van der Waals surface area contributed by atoms with Gasteiger partial charge in [-0.2, -0.15) is 0 Å². The second-order valence-corrected chi connectivity index (χ2v) is 8.22. The van der Waals surface area contributed by atoms with Crippen LogP contribution in [0.4, 0.5) is 0 Å². The summed E-state index contributed by atoms with van der Waals surface area (Å²) in [5.41, 5.74) is 6.14. The first-order valence-corrected chi connectivity index (χ1v) is 10.8. The molecule has 0 saturated heterocycles. The van der Waals surface area contributed by atoms with Gasteiger partial charge in [-0.1, -0.05) is 26.2 Å². The van der Waals surface area contributed by atoms with E-state index in [2.05, 4.69) is 17.6 Å². The van der Waals surface area contributed by atoms with E-state index in [-0.39, 0.29) is 5.43 Å². The number of quaternary nitrogens is 1. The smallest absolute Gasteiger partial charge is 0.369 e. The van der Waals surface area contributed by atoms with Gasteiger partial charge in [0.25, 0.3) is 0 Å². The molecule has 2 heterocycles. The van der Waals surface area contributed by atoms with Gasteiger partial charge in [-0.15, -0.1) is 11.3 Å². The van der Waals surface area contributed by atoms with Crippen LogP contribution in [0.3, 0.4) is 0 Å². The van der Waals surface area contributed by atoms with Crippen LogP contribution in [0.2, 0.25) is 0 Å². The van der Waals surface area contributed by atoms with Crippen molar-refractivity contribution in [2.45, 2.75) is 58.9 Å². The molecule has 0 amide bonds. The van der Waals surface area contributed by atoms with Crippen molar-refractivity contribution in [2.24, 2.45) is 0 Å². The molecule has 3 rings (SSSR count). The molecule has 29 heavy (non-hydrogen) atoms. The van der Waals surface area contributed by atoms with Crippen LogP contribution in [-0.4, -0.2) is 17.0 Å². The molecule has 0 bridgehead atoms. The normalized spacial score (nSPS) is 12.3. The minimum Gasteiger partial charge on any atom is -0.463 e. The van der Waals surface area contributed by atoms with Crippen molar-refractivity contribution in [3.05, 3.63) is 45.3 Å². The van der Waals surface area contributed by atoms with Gasteiger partial charge in [-0.3, -0.25) is 4.79 Å². The lowest BCUT2D eigenvalue weighted by Gasteiger charge is -2.12. The van der Waals surface area contributed by atoms with E-state index in [1.165, 1.54) is 17.6 Å². The molecule has 0 saturated carbocycles. The number of hydrogen-bond acceptors (Lipinski definition) is 6. The third-order valence-electron chi connectivity index (χ3n) is 4.72. The highest BCUT2D eigenvalue weighted by atomic mass is 32.1. The van der Waals surface area contributed by atoms with E-state index in [1.54, 1.807) is 19.1 Å². The summed E-state index contributed by atoms with van der Waals surface area (Å²) in [5, 5.41) is 3.02. The van der Waals surface area contributed by atoms with E-state index in [1.807, 2.05) is 12.3 Å². The van der Waals surface area contributed by atoms with Crippen molar-refractivity contribution in [3.63, 3.8) is 0 Å². The Balaban J connectivity index is 2.05. The van der Waals surface area contributed by atoms with Gasteiger partial charge in [0.2, 0.25) is 5.43 Å². The number of carbonyl (C=O) groups is 1. The van der Waals surface area contributed by atoms with Crippen molar-refractivity contribution < 1.29 is 19.7 Å². The second-order valence-electron chi connectivity index (χ2n) is 7.36. The molecule has 0 aliphatic heterocycles. The quantitative estimate of drug-likeness (QED) is 0.342. The minimum atomic E-state index is -0.485. The molecule has 154 valence electrons. The zero-order valence-corrected chi connectivity index (χ0v) is 17.9. The summed E-state index contributed by atoms with van der Waals surface area (Å²) >= 11 is 1.42. The maximum Gasteiger partial charge on any atom is 0.369 e. The summed E-state index contributed by atoms with van der Waals surface area (Å²) in [4.78, 5) is 29.6. The lowest BCUT2D eigenvalue weighted by Crippen LogP contribution is -2.64. The topological polar surface area (TPSA) is 97.0 Å². The van der Waals surface area contributed by atoms with Gasteiger partial charge in [-0.25, -0.2) is 9.78 Å². The number of unbranched alkanes of at least 4 members (excludes halogenated alkanes) is 3. The number of thiazole rings is 1. The predicted octanol–water partition coefficient (Wildman–Crippen LogP) is 3.88. The van der Waals surface area contributed by atoms with E-state index >= 15 is 0 Å². The molecule has 7 heteroatoms. The Morgan fingerprint density at radius 1 is 1.31 bits per heavy atom. The number of esters is 1. The van der Waals surface area contributed by atoms with Crippen molar-refractivity contribution in [2.75, 3.05) is 0 Å². The van der Waals surface area contributed by atoms with Crippen LogP contribution in [0.25, 0.3) is 21.5 Å². The molecular formula is C22H27N2O4S+. The Kier molecular flexibility index (Phi) is 6.82. The van der Waals surface area contributed by atoms with Crippen LogP contribution in [0.15, 0.2) is 33.0 Å². The van der Waals surface area contributed by atoms with Gasteiger partial charge in [0.1, 0.15) is 22.6 Å². The fourth-order valence-corrected chi connectivity index (χ4v) is 3.87. The number of ether oxygens (including phenoxy) is 1. The molecule has 1 atom stereocenters. The molecule has 2 aromatic heterocycles. The van der Waals surface area contributed by atoms with E-state index < -0.39 is 12.0 Å². The lowest BCUT2D eigenvalue weighted by atomic mass is 10.0. The zero-order valence-electron chi connectivity index (χ0n) is 17.1. The first-order chi connectivity index (χ1) is 13.9. The number of carbonyl (C=O) groups excluding carboxylic acids is 1. The molecule has 6 nitrogen and oxygen atoms in total. The Hall–Kier alpha value is -2.51. The Morgan fingerprint density at radius 3 is 2.76 bits per heavy atom. The molecule has 0 aliphatic carbocycles. The average molecular weight is 416 g/mol. The summed E-state index contributed by atoms with van der Waals surface area (Å²) < 4.78 is 11.3. The van der Waals surface area contributed by atoms with Gasteiger partial charge in [-0.05, 0) is 38.3 Å². The van der Waals surface area contributed by atoms with Crippen molar-refractivity contribution in [3.8, 4) is 16.3 Å². The van der Waals surface area contributed by atoms with Crippen LogP contribution >= 0.6 is 11.3 Å². The Bertz CT molecular complexity index is 1070. The standard InChI is InChI=1S/C22H26N2O4S/c1-4-5-6-7-8-15-9-16-19(10-18(15)28-22(26)14(3)23)27-11-17(20(16)25)21-24-13(2)12-29-21/h9-12,14H,4-8,23H2,1-3H3/p+1/t14-/m1/s1. The zero-order chi connectivity index (χ0) is 21.0. The Morgan fingerprint density at radius 2 is 2.10 bits per heavy atom. The summed E-state index contributed by atoms with van der Waals surface area (Å²) in [6.07, 6.45) is 6.48. The largest absolute Gasteiger partial charge is 0.463 e. The molecule has 0 fully saturated rings. The van der Waals surface area contributed by atoms with E-state index in [0.717, 1.165) is 43.4 Å². The highest BCUT2D eigenvalue weighted by Gasteiger charge is 2.19. The number of nitrogens with zero attached hydrogens (tertiary/aromatic N) is 1. The average Bonchev–Trinajstić information content (AvgIpc) is 3.12. The highest BCUT2D eigenvalue weighted by Crippen LogP contribution is 2.29. The van der Waals surface area contributed by atoms with Crippen molar-refractivity contribution in [1.29, 1.82) is 0 Å². The predicted molar refractivity (Wildman–Crippen MR) is 114 cm³/mol. The molecule has 0 aliphatic rings. The van der Waals surface area contributed by atoms with Gasteiger partial charge in [0.05, 0.1) is 10.9 Å². The Labute approximate surface area is 173 Å². The molecule has 0 radical (unpaired) electrons. The minimum absolute atomic E-state index is 0.126. The van der Waals surface area contributed by atoms with Crippen LogP contribution in [0.1, 0.15) is 50.8 Å². The highest BCUT2D eigenvalue weighted by molar-refractivity contribution is 7.13. The van der Waals surface area contributed by atoms with Crippen LogP contribution in [0.5, 0.6) is 5.75 Å². The summed E-state index contributed by atoms with van der Waals surface area (Å²) in [5.74, 6) is 0.0341. The third kappa shape index (κ3) is 4.92. The lowest BCUT2D eigenvalue weighted by molar-refractivity contribution is -0.401. The van der Waals surface area contributed by atoms with Gasteiger partial charge in [0.15, 0.2) is 6.04 Å². The number of benzene rings is 1. The van der Waals surface area contributed by atoms with Crippen LogP contribution in [0, 0.1) is 6.92 Å². The SMILES string of the molecule is CCCCCCc1cc2c(=O)c(-c3nc(C)cs3)coc2cc1OC(=O)[C@@H](C)[NH3+]. The number of rotatable bonds is 8. The fraction of sp³-hybridized carbons (Fsp3) is 0.409. The third-order valence-corrected chi connectivity index (χ3v) is 5.71. The monoisotopic (exact) mass is 415 g/mol. The van der Waals surface area contributed by atoms with Crippen molar-refractivity contribution in [1.82, 2.24) is 4.98 Å². The van der Waals surface area contributed by atoms with E-state index in [9.17, 15) is 9.59 Å². The number of hydrogen-bond donors (Lipinski definition) is 1.